The molecule has 0 radical (unpaired) electrons. The average molecular weight is 605 g/mol. The third-order valence-corrected chi connectivity index (χ3v) is 8.49. The summed E-state index contributed by atoms with van der Waals surface area (Å²) in [6.07, 6.45) is 5.92. The minimum absolute atomic E-state index is 0.0556. The Hall–Kier alpha value is -3.10. The Labute approximate surface area is 243 Å². The number of nitrogens with one attached hydrogen (secondary N) is 1. The summed E-state index contributed by atoms with van der Waals surface area (Å²) in [7, 11) is 0. The van der Waals surface area contributed by atoms with Gasteiger partial charge >= 0.3 is 0 Å². The van der Waals surface area contributed by atoms with E-state index in [1.165, 1.54) is 31.0 Å². The van der Waals surface area contributed by atoms with E-state index in [-0.39, 0.29) is 11.7 Å². The van der Waals surface area contributed by atoms with Gasteiger partial charge in [-0.25, -0.2) is 0 Å². The molecule has 5 rings (SSSR count). The van der Waals surface area contributed by atoms with Crippen LogP contribution in [0.25, 0.3) is 11.4 Å². The lowest BCUT2D eigenvalue weighted by Crippen LogP contribution is -2.25. The number of halogens is 1. The molecule has 39 heavy (non-hydrogen) atoms. The van der Waals surface area contributed by atoms with Crippen LogP contribution in [0.3, 0.4) is 0 Å². The molecule has 1 aliphatic rings. The fourth-order valence-corrected chi connectivity index (χ4v) is 6.28. The van der Waals surface area contributed by atoms with E-state index in [9.17, 15) is 4.79 Å². The zero-order chi connectivity index (χ0) is 27.2. The fourth-order valence-electron chi connectivity index (χ4n) is 5.21. The summed E-state index contributed by atoms with van der Waals surface area (Å²) in [5, 5.41) is 12.9. The Morgan fingerprint density at radius 3 is 2.28 bits per heavy atom. The highest BCUT2D eigenvalue weighted by Crippen LogP contribution is 2.36. The summed E-state index contributed by atoms with van der Waals surface area (Å²) in [6, 6.07) is 27.2. The molecule has 0 unspecified atom stereocenters. The van der Waals surface area contributed by atoms with Gasteiger partial charge in [-0.1, -0.05) is 77.3 Å². The first-order chi connectivity index (χ1) is 19.0. The first-order valence-electron chi connectivity index (χ1n) is 13.6. The van der Waals surface area contributed by atoms with Crippen LogP contribution in [0, 0.1) is 0 Å². The summed E-state index contributed by atoms with van der Waals surface area (Å²) in [5.74, 6) is 1.09. The number of hydrogen-bond donors (Lipinski definition) is 1. The average Bonchev–Trinajstić information content (AvgIpc) is 3.38. The predicted molar refractivity (Wildman–Crippen MR) is 165 cm³/mol. The van der Waals surface area contributed by atoms with Gasteiger partial charge in [0.05, 0.1) is 5.75 Å². The molecule has 0 atom stereocenters. The lowest BCUT2D eigenvalue weighted by Gasteiger charge is -2.29. The van der Waals surface area contributed by atoms with E-state index in [0.29, 0.717) is 12.1 Å². The Balaban J connectivity index is 1.27. The van der Waals surface area contributed by atoms with Crippen molar-refractivity contribution in [3.63, 3.8) is 0 Å². The Morgan fingerprint density at radius 2 is 1.62 bits per heavy atom. The van der Waals surface area contributed by atoms with Crippen LogP contribution < -0.4 is 10.2 Å². The molecule has 1 saturated carbocycles. The van der Waals surface area contributed by atoms with E-state index in [1.54, 1.807) is 0 Å². The zero-order valence-electron chi connectivity index (χ0n) is 22.4. The van der Waals surface area contributed by atoms with Gasteiger partial charge in [0.15, 0.2) is 11.0 Å². The van der Waals surface area contributed by atoms with Crippen LogP contribution in [0.15, 0.2) is 88.5 Å². The minimum atomic E-state index is -0.0556. The second-order valence-corrected chi connectivity index (χ2v) is 12.0. The van der Waals surface area contributed by atoms with E-state index in [0.717, 1.165) is 50.9 Å². The van der Waals surface area contributed by atoms with Gasteiger partial charge in [-0.2, -0.15) is 0 Å². The number of carbonyl (C=O) groups excluding carboxylic acids is 1. The summed E-state index contributed by atoms with van der Waals surface area (Å²) in [5.41, 5.74) is 4.05. The van der Waals surface area contributed by atoms with Gasteiger partial charge < -0.3 is 10.2 Å². The molecule has 0 aliphatic heterocycles. The minimum Gasteiger partial charge on any atom is -0.339 e. The number of amides is 1. The molecule has 6 nitrogen and oxygen atoms in total. The van der Waals surface area contributed by atoms with Crippen LogP contribution in [-0.4, -0.2) is 32.5 Å². The van der Waals surface area contributed by atoms with Crippen molar-refractivity contribution in [1.82, 2.24) is 14.8 Å². The molecule has 202 valence electrons. The van der Waals surface area contributed by atoms with Crippen LogP contribution in [0.1, 0.15) is 52.0 Å². The molecule has 0 saturated heterocycles. The standard InChI is InChI=1S/C31H34BrN5OS/c1-22(2)36(26-9-5-3-6-10-26)28-19-17-25(18-20-28)33-29(38)21-39-31-35-34-30(23-13-15-24(32)16-14-23)37(31)27-11-7-4-8-12-27/h3,5-6,9-10,13-20,22,27H,4,7-8,11-12,21H2,1-2H3,(H,33,38). The molecular formula is C31H34BrN5OS. The number of thioether (sulfide) groups is 1. The van der Waals surface area contributed by atoms with E-state index in [1.807, 2.05) is 42.5 Å². The lowest BCUT2D eigenvalue weighted by molar-refractivity contribution is -0.113. The third-order valence-electron chi connectivity index (χ3n) is 7.02. The highest BCUT2D eigenvalue weighted by Gasteiger charge is 2.24. The van der Waals surface area contributed by atoms with Crippen LogP contribution in [0.2, 0.25) is 0 Å². The number of aromatic nitrogens is 3. The SMILES string of the molecule is CC(C)N(c1ccccc1)c1ccc(NC(=O)CSc2nnc(-c3ccc(Br)cc3)n2C2CCCCC2)cc1. The number of hydrogen-bond acceptors (Lipinski definition) is 5. The maximum absolute atomic E-state index is 12.9. The molecule has 4 aromatic rings. The van der Waals surface area contributed by atoms with Crippen LogP contribution in [0.5, 0.6) is 0 Å². The smallest absolute Gasteiger partial charge is 0.234 e. The maximum atomic E-state index is 12.9. The Kier molecular flexibility index (Phi) is 9.04. The molecule has 1 N–H and O–H groups in total. The number of benzene rings is 3. The number of rotatable bonds is 9. The first-order valence-corrected chi connectivity index (χ1v) is 15.4. The molecule has 1 aromatic heterocycles. The molecule has 8 heteroatoms. The van der Waals surface area contributed by atoms with Crippen LogP contribution in [0.4, 0.5) is 17.1 Å². The van der Waals surface area contributed by atoms with Crippen molar-refractivity contribution in [3.05, 3.63) is 83.3 Å². The van der Waals surface area contributed by atoms with E-state index in [4.69, 9.17) is 0 Å². The molecule has 0 bridgehead atoms. The maximum Gasteiger partial charge on any atom is 0.234 e. The third kappa shape index (κ3) is 6.73. The van der Waals surface area contributed by atoms with Crippen molar-refractivity contribution < 1.29 is 4.79 Å². The van der Waals surface area contributed by atoms with E-state index >= 15 is 0 Å². The van der Waals surface area contributed by atoms with Crippen molar-refractivity contribution in [2.45, 2.75) is 63.2 Å². The molecule has 3 aromatic carbocycles. The summed E-state index contributed by atoms with van der Waals surface area (Å²) in [6.45, 7) is 4.35. The quantitative estimate of drug-likeness (QED) is 0.194. The van der Waals surface area contributed by atoms with Crippen LogP contribution in [-0.2, 0) is 4.79 Å². The van der Waals surface area contributed by atoms with Gasteiger partial charge in [0.25, 0.3) is 0 Å². The molecule has 1 fully saturated rings. The van der Waals surface area contributed by atoms with Gasteiger partial charge in [0.2, 0.25) is 5.91 Å². The molecule has 1 heterocycles. The highest BCUT2D eigenvalue weighted by atomic mass is 79.9. The highest BCUT2D eigenvalue weighted by molar-refractivity contribution is 9.10. The Morgan fingerprint density at radius 1 is 0.949 bits per heavy atom. The zero-order valence-corrected chi connectivity index (χ0v) is 24.8. The second-order valence-electron chi connectivity index (χ2n) is 10.2. The van der Waals surface area contributed by atoms with Gasteiger partial charge in [0, 0.05) is 39.2 Å². The number of nitrogens with zero attached hydrogens (tertiary/aromatic N) is 4. The predicted octanol–water partition coefficient (Wildman–Crippen LogP) is 8.49. The van der Waals surface area contributed by atoms with E-state index in [2.05, 4.69) is 91.2 Å². The number of para-hydroxylation sites is 1. The number of carbonyl (C=O) groups is 1. The van der Waals surface area contributed by atoms with Crippen LogP contribution >= 0.6 is 27.7 Å². The van der Waals surface area contributed by atoms with Crippen molar-refractivity contribution >= 4 is 50.7 Å². The Bertz CT molecular complexity index is 1370. The number of anilines is 3. The van der Waals surface area contributed by atoms with E-state index < -0.39 is 0 Å². The second kappa shape index (κ2) is 12.8. The van der Waals surface area contributed by atoms with Crippen molar-refractivity contribution in [2.24, 2.45) is 0 Å². The lowest BCUT2D eigenvalue weighted by atomic mass is 9.95. The molecular weight excluding hydrogens is 570 g/mol. The normalized spacial score (nSPS) is 13.9. The monoisotopic (exact) mass is 603 g/mol. The summed E-state index contributed by atoms with van der Waals surface area (Å²) >= 11 is 4.98. The molecule has 1 amide bonds. The van der Waals surface area contributed by atoms with Gasteiger partial charge in [-0.05, 0) is 75.2 Å². The summed E-state index contributed by atoms with van der Waals surface area (Å²) in [4.78, 5) is 15.2. The largest absolute Gasteiger partial charge is 0.339 e. The fraction of sp³-hybridized carbons (Fsp3) is 0.323. The van der Waals surface area contributed by atoms with Crippen molar-refractivity contribution in [3.8, 4) is 11.4 Å². The topological polar surface area (TPSA) is 63.1 Å². The van der Waals surface area contributed by atoms with Gasteiger partial charge in [0.1, 0.15) is 0 Å². The van der Waals surface area contributed by atoms with Crippen molar-refractivity contribution in [1.29, 1.82) is 0 Å². The van der Waals surface area contributed by atoms with Gasteiger partial charge in [-0.3, -0.25) is 9.36 Å². The summed E-state index contributed by atoms with van der Waals surface area (Å²) < 4.78 is 3.30. The first kappa shape index (κ1) is 27.5. The van der Waals surface area contributed by atoms with Crippen molar-refractivity contribution in [2.75, 3.05) is 16.0 Å². The van der Waals surface area contributed by atoms with Gasteiger partial charge in [-0.15, -0.1) is 10.2 Å². The molecule has 0 spiro atoms. The molecule has 1 aliphatic carbocycles.